The topological polar surface area (TPSA) is 29.0 Å². The molecule has 3 nitrogen and oxygen atoms in total. The normalized spacial score (nSPS) is 16.6. The number of rotatable bonds is 2. The molecule has 0 saturated heterocycles. The Morgan fingerprint density at radius 3 is 2.69 bits per heavy atom. The third-order valence-corrected chi connectivity index (χ3v) is 3.33. The maximum atomic E-state index is 4.70. The molecule has 0 radical (unpaired) electrons. The molecule has 0 saturated carbocycles. The van der Waals surface area contributed by atoms with Crippen molar-refractivity contribution < 1.29 is 0 Å². The Morgan fingerprint density at radius 1 is 1.31 bits per heavy atom. The van der Waals surface area contributed by atoms with Gasteiger partial charge in [-0.25, -0.2) is 9.97 Å². The fraction of sp³-hybridized carbons (Fsp3) is 0.692. The van der Waals surface area contributed by atoms with E-state index in [1.54, 1.807) is 0 Å². The highest BCUT2D eigenvalue weighted by atomic mass is 15.1. The van der Waals surface area contributed by atoms with E-state index in [2.05, 4.69) is 37.6 Å². The highest BCUT2D eigenvalue weighted by Crippen LogP contribution is 2.21. The Bertz CT molecular complexity index is 385. The Labute approximate surface area is 97.9 Å². The van der Waals surface area contributed by atoms with Crippen molar-refractivity contribution in [1.29, 1.82) is 0 Å². The maximum absolute atomic E-state index is 4.70. The molecule has 0 spiro atoms. The van der Waals surface area contributed by atoms with Crippen molar-refractivity contribution in [3.05, 3.63) is 22.8 Å². The molecule has 0 fully saturated rings. The second-order valence-corrected chi connectivity index (χ2v) is 4.87. The van der Waals surface area contributed by atoms with Gasteiger partial charge in [0.2, 0.25) is 0 Å². The molecule has 0 bridgehead atoms. The summed E-state index contributed by atoms with van der Waals surface area (Å²) < 4.78 is 0. The number of aromatic nitrogens is 2. The van der Waals surface area contributed by atoms with Crippen molar-refractivity contribution in [3.8, 4) is 0 Å². The fourth-order valence-electron chi connectivity index (χ4n) is 2.19. The van der Waals surface area contributed by atoms with Crippen LogP contribution in [0.2, 0.25) is 0 Å². The van der Waals surface area contributed by atoms with E-state index in [9.17, 15) is 0 Å². The maximum Gasteiger partial charge on any atom is 0.131 e. The van der Waals surface area contributed by atoms with Crippen LogP contribution in [0.4, 0.5) is 0 Å². The van der Waals surface area contributed by atoms with Crippen LogP contribution in [0.5, 0.6) is 0 Å². The van der Waals surface area contributed by atoms with E-state index in [0.29, 0.717) is 5.92 Å². The summed E-state index contributed by atoms with van der Waals surface area (Å²) in [7, 11) is 0. The van der Waals surface area contributed by atoms with Crippen LogP contribution in [0.15, 0.2) is 0 Å². The molecule has 1 aromatic heterocycles. The van der Waals surface area contributed by atoms with E-state index >= 15 is 0 Å². The molecule has 3 heteroatoms. The summed E-state index contributed by atoms with van der Waals surface area (Å²) in [4.78, 5) is 11.8. The van der Waals surface area contributed by atoms with Crippen molar-refractivity contribution in [2.75, 3.05) is 13.1 Å². The molecule has 0 aromatic carbocycles. The lowest BCUT2D eigenvalue weighted by atomic mass is 10.0. The number of nitrogens with zero attached hydrogens (tertiary/aromatic N) is 3. The van der Waals surface area contributed by atoms with Gasteiger partial charge >= 0.3 is 0 Å². The number of fused-ring (bicyclic) bond motifs is 1. The van der Waals surface area contributed by atoms with E-state index in [-0.39, 0.29) is 0 Å². The van der Waals surface area contributed by atoms with Crippen LogP contribution in [-0.4, -0.2) is 28.0 Å². The number of likely N-dealkylation sites (N-methyl/N-ethyl adjacent to an activating group) is 1. The predicted octanol–water partition coefficient (Wildman–Crippen LogP) is 2.29. The first kappa shape index (κ1) is 11.5. The molecule has 2 rings (SSSR count). The molecule has 0 N–H and O–H groups in total. The molecule has 88 valence electrons. The van der Waals surface area contributed by atoms with Gasteiger partial charge in [0.25, 0.3) is 0 Å². The lowest BCUT2D eigenvalue weighted by Gasteiger charge is -2.28. The monoisotopic (exact) mass is 219 g/mol. The minimum absolute atomic E-state index is 0.424. The highest BCUT2D eigenvalue weighted by Gasteiger charge is 2.20. The summed E-state index contributed by atoms with van der Waals surface area (Å²) in [5, 5.41) is 0. The van der Waals surface area contributed by atoms with Gasteiger partial charge in [-0.2, -0.15) is 0 Å². The van der Waals surface area contributed by atoms with Crippen LogP contribution >= 0.6 is 0 Å². The summed E-state index contributed by atoms with van der Waals surface area (Å²) in [6.45, 7) is 11.9. The fourth-order valence-corrected chi connectivity index (χ4v) is 2.19. The Hall–Kier alpha value is -0.960. The lowest BCUT2D eigenvalue weighted by Crippen LogP contribution is -2.32. The van der Waals surface area contributed by atoms with Crippen molar-refractivity contribution >= 4 is 0 Å². The van der Waals surface area contributed by atoms with E-state index < -0.39 is 0 Å². The third kappa shape index (κ3) is 2.09. The van der Waals surface area contributed by atoms with Crippen LogP contribution in [0, 0.1) is 6.92 Å². The number of aryl methyl sites for hydroxylation is 1. The van der Waals surface area contributed by atoms with Gasteiger partial charge in [0.05, 0.1) is 5.69 Å². The van der Waals surface area contributed by atoms with Crippen molar-refractivity contribution in [1.82, 2.24) is 14.9 Å². The van der Waals surface area contributed by atoms with Crippen molar-refractivity contribution in [2.45, 2.75) is 46.6 Å². The highest BCUT2D eigenvalue weighted by molar-refractivity contribution is 5.28. The second kappa shape index (κ2) is 4.50. The largest absolute Gasteiger partial charge is 0.299 e. The summed E-state index contributed by atoms with van der Waals surface area (Å²) in [5.41, 5.74) is 3.81. The molecule has 0 unspecified atom stereocenters. The smallest absolute Gasteiger partial charge is 0.131 e. The zero-order valence-electron chi connectivity index (χ0n) is 10.7. The molecule has 1 aliphatic rings. The number of hydrogen-bond acceptors (Lipinski definition) is 3. The molecule has 0 amide bonds. The van der Waals surface area contributed by atoms with Gasteiger partial charge < -0.3 is 0 Å². The first-order valence-corrected chi connectivity index (χ1v) is 6.20. The number of hydrogen-bond donors (Lipinski definition) is 0. The van der Waals surface area contributed by atoms with E-state index in [1.165, 1.54) is 17.0 Å². The van der Waals surface area contributed by atoms with Crippen LogP contribution < -0.4 is 0 Å². The van der Waals surface area contributed by atoms with Crippen LogP contribution in [-0.2, 0) is 13.0 Å². The summed E-state index contributed by atoms with van der Waals surface area (Å²) in [5.74, 6) is 1.43. The van der Waals surface area contributed by atoms with Crippen LogP contribution in [0.25, 0.3) is 0 Å². The predicted molar refractivity (Wildman–Crippen MR) is 65.5 cm³/mol. The second-order valence-electron chi connectivity index (χ2n) is 4.87. The van der Waals surface area contributed by atoms with E-state index in [4.69, 9.17) is 4.98 Å². The molecule has 0 aliphatic carbocycles. The SMILES string of the molecule is CCN1CCc2nc(C(C)C)nc(C)c2C1. The van der Waals surface area contributed by atoms with E-state index in [1.807, 2.05) is 0 Å². The van der Waals surface area contributed by atoms with Crippen LogP contribution in [0.1, 0.15) is 49.5 Å². The Balaban J connectivity index is 2.36. The molecule has 16 heavy (non-hydrogen) atoms. The van der Waals surface area contributed by atoms with Gasteiger partial charge in [0.15, 0.2) is 0 Å². The van der Waals surface area contributed by atoms with Gasteiger partial charge in [-0.05, 0) is 13.5 Å². The Kier molecular flexibility index (Phi) is 3.24. The van der Waals surface area contributed by atoms with Gasteiger partial charge in [-0.15, -0.1) is 0 Å². The quantitative estimate of drug-likeness (QED) is 0.764. The summed E-state index contributed by atoms with van der Waals surface area (Å²) >= 11 is 0. The van der Waals surface area contributed by atoms with Gasteiger partial charge in [0.1, 0.15) is 5.82 Å². The molecule has 1 aromatic rings. The molecule has 0 atom stereocenters. The zero-order chi connectivity index (χ0) is 11.7. The van der Waals surface area contributed by atoms with Crippen molar-refractivity contribution in [2.24, 2.45) is 0 Å². The molecule has 1 aliphatic heterocycles. The van der Waals surface area contributed by atoms with Crippen molar-refractivity contribution in [3.63, 3.8) is 0 Å². The van der Waals surface area contributed by atoms with Gasteiger partial charge in [-0.1, -0.05) is 20.8 Å². The summed E-state index contributed by atoms with van der Waals surface area (Å²) in [6, 6.07) is 0. The first-order chi connectivity index (χ1) is 7.61. The molecular weight excluding hydrogens is 198 g/mol. The summed E-state index contributed by atoms with van der Waals surface area (Å²) in [6.07, 6.45) is 1.08. The lowest BCUT2D eigenvalue weighted by molar-refractivity contribution is 0.263. The molecular formula is C13H21N3. The van der Waals surface area contributed by atoms with E-state index in [0.717, 1.165) is 31.9 Å². The first-order valence-electron chi connectivity index (χ1n) is 6.20. The van der Waals surface area contributed by atoms with Gasteiger partial charge in [0, 0.05) is 36.7 Å². The minimum atomic E-state index is 0.424. The molecule has 2 heterocycles. The average Bonchev–Trinajstić information content (AvgIpc) is 2.28. The minimum Gasteiger partial charge on any atom is -0.299 e. The zero-order valence-corrected chi connectivity index (χ0v) is 10.7. The standard InChI is InChI=1S/C13H21N3/c1-5-16-7-6-12-11(8-16)10(4)14-13(15-12)9(2)3/h9H,5-8H2,1-4H3. The average molecular weight is 219 g/mol. The van der Waals surface area contributed by atoms with Gasteiger partial charge in [-0.3, -0.25) is 4.90 Å². The van der Waals surface area contributed by atoms with Crippen LogP contribution in [0.3, 0.4) is 0 Å². The third-order valence-electron chi connectivity index (χ3n) is 3.33. The Morgan fingerprint density at radius 2 is 2.06 bits per heavy atom.